The van der Waals surface area contributed by atoms with Crippen LogP contribution < -0.4 is 5.32 Å². The number of hydrogen-bond acceptors (Lipinski definition) is 3. The van der Waals surface area contributed by atoms with Crippen molar-refractivity contribution in [2.45, 2.75) is 31.8 Å². The van der Waals surface area contributed by atoms with E-state index in [1.54, 1.807) is 0 Å². The van der Waals surface area contributed by atoms with E-state index in [0.29, 0.717) is 6.61 Å². The van der Waals surface area contributed by atoms with Crippen molar-refractivity contribution in [3.63, 3.8) is 0 Å². The smallest absolute Gasteiger partial charge is 0.263 e. The number of nitrogens with zero attached hydrogens (tertiary/aromatic N) is 1. The highest BCUT2D eigenvalue weighted by Gasteiger charge is 2.29. The van der Waals surface area contributed by atoms with Crippen molar-refractivity contribution in [2.24, 2.45) is 0 Å². The molecule has 4 nitrogen and oxygen atoms in total. The van der Waals surface area contributed by atoms with Gasteiger partial charge in [-0.2, -0.15) is 0 Å². The molecule has 1 aromatic carbocycles. The molecular formula is C14H18N2O2. The van der Waals surface area contributed by atoms with Gasteiger partial charge in [0.1, 0.15) is 0 Å². The van der Waals surface area contributed by atoms with Gasteiger partial charge in [0.25, 0.3) is 5.91 Å². The van der Waals surface area contributed by atoms with E-state index in [1.165, 1.54) is 16.2 Å². The van der Waals surface area contributed by atoms with E-state index in [0.717, 1.165) is 32.4 Å². The molecule has 2 aliphatic heterocycles. The maximum absolute atomic E-state index is 12.3. The van der Waals surface area contributed by atoms with Crippen molar-refractivity contribution < 1.29 is 9.63 Å². The normalized spacial score (nSPS) is 23.6. The lowest BCUT2D eigenvalue weighted by atomic mass is 9.95. The highest BCUT2D eigenvalue weighted by atomic mass is 16.7. The molecule has 0 aliphatic carbocycles. The van der Waals surface area contributed by atoms with E-state index in [9.17, 15) is 4.79 Å². The average molecular weight is 246 g/mol. The first-order valence-electron chi connectivity index (χ1n) is 6.59. The Morgan fingerprint density at radius 2 is 2.11 bits per heavy atom. The van der Waals surface area contributed by atoms with Crippen LogP contribution in [0.4, 0.5) is 0 Å². The van der Waals surface area contributed by atoms with Crippen LogP contribution in [0.25, 0.3) is 0 Å². The predicted octanol–water partition coefficient (Wildman–Crippen LogP) is 1.25. The van der Waals surface area contributed by atoms with Crippen LogP contribution in [0.1, 0.15) is 24.0 Å². The van der Waals surface area contributed by atoms with Crippen molar-refractivity contribution in [2.75, 3.05) is 13.2 Å². The third-order valence-corrected chi connectivity index (χ3v) is 3.63. The molecular weight excluding hydrogens is 228 g/mol. The number of fused-ring (bicyclic) bond motifs is 1. The lowest BCUT2D eigenvalue weighted by Crippen LogP contribution is -2.50. The summed E-state index contributed by atoms with van der Waals surface area (Å²) in [4.78, 5) is 17.7. The van der Waals surface area contributed by atoms with Crippen molar-refractivity contribution in [1.29, 1.82) is 0 Å². The summed E-state index contributed by atoms with van der Waals surface area (Å²) in [7, 11) is 0. The monoisotopic (exact) mass is 246 g/mol. The van der Waals surface area contributed by atoms with Crippen LogP contribution in [-0.4, -0.2) is 30.2 Å². The molecule has 0 spiro atoms. The first kappa shape index (κ1) is 11.7. The Morgan fingerprint density at radius 1 is 1.28 bits per heavy atom. The van der Waals surface area contributed by atoms with E-state index in [1.807, 2.05) is 12.1 Å². The van der Waals surface area contributed by atoms with Crippen molar-refractivity contribution in [3.05, 3.63) is 35.4 Å². The average Bonchev–Trinajstić information content (AvgIpc) is 2.47. The fraction of sp³-hybridized carbons (Fsp3) is 0.500. The summed E-state index contributed by atoms with van der Waals surface area (Å²) in [5, 5.41) is 4.84. The molecule has 1 amide bonds. The topological polar surface area (TPSA) is 41.6 Å². The largest absolute Gasteiger partial charge is 0.301 e. The van der Waals surface area contributed by atoms with E-state index >= 15 is 0 Å². The Kier molecular flexibility index (Phi) is 3.30. The molecule has 1 atom stereocenters. The second-order valence-electron chi connectivity index (χ2n) is 4.89. The summed E-state index contributed by atoms with van der Waals surface area (Å²) < 4.78 is 0. The zero-order valence-corrected chi connectivity index (χ0v) is 10.4. The summed E-state index contributed by atoms with van der Waals surface area (Å²) in [5.74, 6) is 0.0733. The lowest BCUT2D eigenvalue weighted by Gasteiger charge is -2.32. The van der Waals surface area contributed by atoms with Gasteiger partial charge in [-0.1, -0.05) is 24.3 Å². The third-order valence-electron chi connectivity index (χ3n) is 3.63. The quantitative estimate of drug-likeness (QED) is 0.811. The number of hydroxylamine groups is 2. The molecule has 0 saturated carbocycles. The van der Waals surface area contributed by atoms with Gasteiger partial charge in [-0.3, -0.25) is 9.63 Å². The Morgan fingerprint density at radius 3 is 2.89 bits per heavy atom. The van der Waals surface area contributed by atoms with Gasteiger partial charge in [0.05, 0.1) is 12.6 Å². The van der Waals surface area contributed by atoms with Crippen LogP contribution in [0.3, 0.4) is 0 Å². The van der Waals surface area contributed by atoms with Crippen LogP contribution in [0.2, 0.25) is 0 Å². The Labute approximate surface area is 107 Å². The van der Waals surface area contributed by atoms with Crippen LogP contribution in [0.15, 0.2) is 24.3 Å². The molecule has 1 aromatic rings. The Hall–Kier alpha value is -1.39. The van der Waals surface area contributed by atoms with Gasteiger partial charge in [0.2, 0.25) is 0 Å². The number of carbonyl (C=O) groups is 1. The molecule has 2 heterocycles. The minimum atomic E-state index is -0.141. The standard InChI is InChI=1S/C14H18N2O2/c17-14(16-7-3-4-8-18-16)13-9-11-5-1-2-6-12(11)10-15-13/h1-2,5-6,13,15H,3-4,7-10H2/t13-/m1/s1. The maximum Gasteiger partial charge on any atom is 0.263 e. The lowest BCUT2D eigenvalue weighted by molar-refractivity contribution is -0.199. The van der Waals surface area contributed by atoms with Crippen LogP contribution >= 0.6 is 0 Å². The molecule has 18 heavy (non-hydrogen) atoms. The Balaban J connectivity index is 1.69. The van der Waals surface area contributed by atoms with Crippen LogP contribution in [0.5, 0.6) is 0 Å². The zero-order chi connectivity index (χ0) is 12.4. The highest BCUT2D eigenvalue weighted by Crippen LogP contribution is 2.18. The molecule has 3 rings (SSSR count). The molecule has 2 aliphatic rings. The SMILES string of the molecule is O=C([C@H]1Cc2ccccc2CN1)N1CCCCO1. The van der Waals surface area contributed by atoms with E-state index < -0.39 is 0 Å². The molecule has 1 N–H and O–H groups in total. The predicted molar refractivity (Wildman–Crippen MR) is 67.7 cm³/mol. The van der Waals surface area contributed by atoms with E-state index in [4.69, 9.17) is 4.84 Å². The summed E-state index contributed by atoms with van der Waals surface area (Å²) in [6, 6.07) is 8.14. The van der Waals surface area contributed by atoms with Crippen molar-refractivity contribution >= 4 is 5.91 Å². The van der Waals surface area contributed by atoms with E-state index in [2.05, 4.69) is 17.4 Å². The van der Waals surface area contributed by atoms with Gasteiger partial charge >= 0.3 is 0 Å². The molecule has 0 radical (unpaired) electrons. The number of hydrogen-bond donors (Lipinski definition) is 1. The molecule has 0 bridgehead atoms. The van der Waals surface area contributed by atoms with Gasteiger partial charge < -0.3 is 5.32 Å². The first-order chi connectivity index (χ1) is 8.84. The molecule has 1 saturated heterocycles. The van der Waals surface area contributed by atoms with Crippen LogP contribution in [-0.2, 0) is 22.6 Å². The fourth-order valence-electron chi connectivity index (χ4n) is 2.57. The number of rotatable bonds is 1. The summed E-state index contributed by atoms with van der Waals surface area (Å²) in [6.07, 6.45) is 2.84. The van der Waals surface area contributed by atoms with Gasteiger partial charge in [-0.25, -0.2) is 5.06 Å². The molecule has 4 heteroatoms. The summed E-state index contributed by atoms with van der Waals surface area (Å²) in [6.45, 7) is 2.15. The number of benzene rings is 1. The van der Waals surface area contributed by atoms with Gasteiger partial charge in [0.15, 0.2) is 0 Å². The third kappa shape index (κ3) is 2.26. The van der Waals surface area contributed by atoms with Crippen molar-refractivity contribution in [1.82, 2.24) is 10.4 Å². The summed E-state index contributed by atoms with van der Waals surface area (Å²) in [5.41, 5.74) is 2.56. The Bertz CT molecular complexity index is 441. The summed E-state index contributed by atoms with van der Waals surface area (Å²) >= 11 is 0. The number of carbonyl (C=O) groups excluding carboxylic acids is 1. The van der Waals surface area contributed by atoms with Gasteiger partial charge in [-0.15, -0.1) is 0 Å². The maximum atomic E-state index is 12.3. The first-order valence-corrected chi connectivity index (χ1v) is 6.59. The minimum Gasteiger partial charge on any atom is -0.301 e. The van der Waals surface area contributed by atoms with Crippen LogP contribution in [0, 0.1) is 0 Å². The number of amides is 1. The molecule has 96 valence electrons. The van der Waals surface area contributed by atoms with Crippen molar-refractivity contribution in [3.8, 4) is 0 Å². The molecule has 1 fully saturated rings. The second kappa shape index (κ2) is 5.08. The van der Waals surface area contributed by atoms with Gasteiger partial charge in [0, 0.05) is 13.1 Å². The second-order valence-corrected chi connectivity index (χ2v) is 4.89. The number of nitrogens with one attached hydrogen (secondary N) is 1. The fourth-order valence-corrected chi connectivity index (χ4v) is 2.57. The molecule has 0 unspecified atom stereocenters. The van der Waals surface area contributed by atoms with E-state index in [-0.39, 0.29) is 11.9 Å². The van der Waals surface area contributed by atoms with Gasteiger partial charge in [-0.05, 0) is 30.4 Å². The molecule has 0 aromatic heterocycles. The minimum absolute atomic E-state index is 0.0733. The highest BCUT2D eigenvalue weighted by molar-refractivity contribution is 5.81. The zero-order valence-electron chi connectivity index (χ0n) is 10.4.